The van der Waals surface area contributed by atoms with Crippen LogP contribution in [0.3, 0.4) is 0 Å². The van der Waals surface area contributed by atoms with Crippen LogP contribution in [0.25, 0.3) is 5.57 Å². The number of anilines is 2. The Kier molecular flexibility index (Phi) is 6.67. The Balaban J connectivity index is 1.67. The summed E-state index contributed by atoms with van der Waals surface area (Å²) in [7, 11) is 0. The molecule has 2 aliphatic rings. The number of halogens is 1. The highest BCUT2D eigenvalue weighted by atomic mass is 79.9. The van der Waals surface area contributed by atoms with Gasteiger partial charge in [0.05, 0.1) is 55.7 Å². The summed E-state index contributed by atoms with van der Waals surface area (Å²) < 4.78 is 11.7. The molecule has 8 nitrogen and oxygen atoms in total. The molecular weight excluding hydrogens is 466 g/mol. The Morgan fingerprint density at radius 2 is 1.81 bits per heavy atom. The fraction of sp³-hybridized carbons (Fsp3) is 0.273. The summed E-state index contributed by atoms with van der Waals surface area (Å²) in [5.74, 6) is -0.250. The van der Waals surface area contributed by atoms with Gasteiger partial charge in [0.15, 0.2) is 0 Å². The van der Waals surface area contributed by atoms with Crippen LogP contribution >= 0.6 is 15.9 Å². The number of benzene rings is 2. The van der Waals surface area contributed by atoms with Gasteiger partial charge in [-0.2, -0.15) is 0 Å². The van der Waals surface area contributed by atoms with Crippen LogP contribution in [0.4, 0.5) is 11.4 Å². The standard InChI is InChI=1S/C22H22BrN3O5/c23-14-5-6-15-17(13-14)24-22(28)19(15)21-20(25-29)16-3-1-2-4-18(16)26(21)7-9-30-11-12-31-10-8-27/h1-6,13,27,29H,7-12H2,(H,24,28)/b21-19-,25-20+. The number of allylic oxidation sites excluding steroid dienone is 1. The van der Waals surface area contributed by atoms with E-state index in [4.69, 9.17) is 14.6 Å². The topological polar surface area (TPSA) is 104 Å². The number of aliphatic hydroxyl groups excluding tert-OH is 1. The molecule has 1 amide bonds. The van der Waals surface area contributed by atoms with E-state index in [-0.39, 0.29) is 19.1 Å². The van der Waals surface area contributed by atoms with Crippen LogP contribution in [0.15, 0.2) is 57.8 Å². The third kappa shape index (κ3) is 4.22. The van der Waals surface area contributed by atoms with Crippen LogP contribution in [0.2, 0.25) is 0 Å². The van der Waals surface area contributed by atoms with Crippen molar-refractivity contribution < 1.29 is 24.6 Å². The van der Waals surface area contributed by atoms with Gasteiger partial charge in [0.25, 0.3) is 5.91 Å². The molecule has 0 spiro atoms. The zero-order valence-corrected chi connectivity index (χ0v) is 18.3. The van der Waals surface area contributed by atoms with Gasteiger partial charge in [-0.3, -0.25) is 4.79 Å². The molecule has 9 heteroatoms. The van der Waals surface area contributed by atoms with E-state index in [1.165, 1.54) is 0 Å². The first-order chi connectivity index (χ1) is 15.2. The van der Waals surface area contributed by atoms with Crippen molar-refractivity contribution in [1.29, 1.82) is 0 Å². The zero-order valence-electron chi connectivity index (χ0n) is 16.7. The van der Waals surface area contributed by atoms with E-state index in [0.717, 1.165) is 21.3 Å². The molecule has 4 rings (SSSR count). The second-order valence-corrected chi connectivity index (χ2v) is 7.85. The minimum Gasteiger partial charge on any atom is -0.410 e. The number of aliphatic hydroxyl groups is 1. The lowest BCUT2D eigenvalue weighted by Crippen LogP contribution is -2.28. The number of rotatable bonds is 8. The number of oxime groups is 1. The van der Waals surface area contributed by atoms with Crippen LogP contribution in [-0.4, -0.2) is 61.5 Å². The maximum absolute atomic E-state index is 12.9. The molecule has 3 N–H and O–H groups in total. The summed E-state index contributed by atoms with van der Waals surface area (Å²) in [6.07, 6.45) is 0. The number of carbonyl (C=O) groups excluding carboxylic acids is 1. The minimum absolute atomic E-state index is 0.0229. The second kappa shape index (κ2) is 9.61. The lowest BCUT2D eigenvalue weighted by molar-refractivity contribution is -0.110. The first-order valence-electron chi connectivity index (χ1n) is 9.87. The summed E-state index contributed by atoms with van der Waals surface area (Å²) in [5.41, 5.74) is 4.39. The number of nitrogens with zero attached hydrogens (tertiary/aromatic N) is 2. The molecule has 2 aromatic rings. The Morgan fingerprint density at radius 3 is 2.58 bits per heavy atom. The van der Waals surface area contributed by atoms with Crippen molar-refractivity contribution in [3.63, 3.8) is 0 Å². The van der Waals surface area contributed by atoms with Gasteiger partial charge in [-0.25, -0.2) is 0 Å². The molecule has 2 aromatic carbocycles. The highest BCUT2D eigenvalue weighted by Gasteiger charge is 2.38. The summed E-state index contributed by atoms with van der Waals surface area (Å²) in [6.45, 7) is 1.86. The molecule has 0 aliphatic carbocycles. The van der Waals surface area contributed by atoms with Gasteiger partial charge in [0.2, 0.25) is 0 Å². The predicted octanol–water partition coefficient (Wildman–Crippen LogP) is 2.84. The average Bonchev–Trinajstić information content (AvgIpc) is 3.25. The lowest BCUT2D eigenvalue weighted by atomic mass is 10.0. The molecule has 31 heavy (non-hydrogen) atoms. The number of ether oxygens (including phenoxy) is 2. The van der Waals surface area contributed by atoms with Gasteiger partial charge in [-0.05, 0) is 18.2 Å². The van der Waals surface area contributed by atoms with Crippen LogP contribution in [0, 0.1) is 0 Å². The quantitative estimate of drug-likeness (QED) is 0.229. The van der Waals surface area contributed by atoms with E-state index >= 15 is 0 Å². The van der Waals surface area contributed by atoms with Crippen molar-refractivity contribution in [1.82, 2.24) is 0 Å². The van der Waals surface area contributed by atoms with Gasteiger partial charge in [-0.15, -0.1) is 0 Å². The molecule has 0 bridgehead atoms. The van der Waals surface area contributed by atoms with Crippen LogP contribution in [-0.2, 0) is 14.3 Å². The first kappa shape index (κ1) is 21.5. The maximum Gasteiger partial charge on any atom is 0.258 e. The Labute approximate surface area is 187 Å². The Bertz CT molecular complexity index is 1050. The smallest absolute Gasteiger partial charge is 0.258 e. The third-order valence-electron chi connectivity index (χ3n) is 5.07. The van der Waals surface area contributed by atoms with Crippen molar-refractivity contribution >= 4 is 44.5 Å². The van der Waals surface area contributed by atoms with Gasteiger partial charge in [0.1, 0.15) is 5.71 Å². The van der Waals surface area contributed by atoms with Crippen molar-refractivity contribution in [2.45, 2.75) is 0 Å². The Morgan fingerprint density at radius 1 is 1.03 bits per heavy atom. The van der Waals surface area contributed by atoms with E-state index in [1.54, 1.807) is 0 Å². The monoisotopic (exact) mass is 487 g/mol. The van der Waals surface area contributed by atoms with E-state index in [2.05, 4.69) is 26.4 Å². The van der Waals surface area contributed by atoms with Crippen LogP contribution in [0.1, 0.15) is 11.1 Å². The molecular formula is C22H22BrN3O5. The normalized spacial score (nSPS) is 18.5. The van der Waals surface area contributed by atoms with Gasteiger partial charge in [-0.1, -0.05) is 45.4 Å². The Hall–Kier alpha value is -2.72. The van der Waals surface area contributed by atoms with Gasteiger partial charge in [0, 0.05) is 22.1 Å². The molecule has 0 aromatic heterocycles. The van der Waals surface area contributed by atoms with Gasteiger partial charge < -0.3 is 30.0 Å². The largest absolute Gasteiger partial charge is 0.410 e. The van der Waals surface area contributed by atoms with E-state index in [9.17, 15) is 10.0 Å². The fourth-order valence-corrected chi connectivity index (χ4v) is 4.16. The molecule has 0 atom stereocenters. The van der Waals surface area contributed by atoms with Crippen LogP contribution < -0.4 is 10.2 Å². The number of hydrogen-bond donors (Lipinski definition) is 3. The number of nitrogens with one attached hydrogen (secondary N) is 1. The molecule has 2 aliphatic heterocycles. The van der Waals surface area contributed by atoms with E-state index < -0.39 is 0 Å². The van der Waals surface area contributed by atoms with Crippen molar-refractivity contribution in [3.05, 3.63) is 63.8 Å². The summed E-state index contributed by atoms with van der Waals surface area (Å²) in [4.78, 5) is 14.9. The zero-order chi connectivity index (χ0) is 21.8. The van der Waals surface area contributed by atoms with Gasteiger partial charge >= 0.3 is 0 Å². The molecule has 0 radical (unpaired) electrons. The first-order valence-corrected chi connectivity index (χ1v) is 10.7. The molecule has 0 saturated carbocycles. The highest BCUT2D eigenvalue weighted by Crippen LogP contribution is 2.43. The number of fused-ring (bicyclic) bond motifs is 2. The molecule has 0 fully saturated rings. The number of hydrogen-bond acceptors (Lipinski definition) is 7. The SMILES string of the molecule is O=C1Nc2cc(Br)ccc2/C1=C1\C(=N\O)c2ccccc2N1CCOCCOCCO. The highest BCUT2D eigenvalue weighted by molar-refractivity contribution is 9.10. The van der Waals surface area contributed by atoms with Crippen molar-refractivity contribution in [3.8, 4) is 0 Å². The summed E-state index contributed by atoms with van der Waals surface area (Å²) in [6, 6.07) is 13.1. The average molecular weight is 488 g/mol. The minimum atomic E-state index is -0.250. The number of para-hydroxylation sites is 1. The summed E-state index contributed by atoms with van der Waals surface area (Å²) in [5, 5.41) is 25.0. The van der Waals surface area contributed by atoms with Crippen molar-refractivity contribution in [2.75, 3.05) is 49.8 Å². The second-order valence-electron chi connectivity index (χ2n) is 6.93. The van der Waals surface area contributed by atoms with E-state index in [0.29, 0.717) is 49.0 Å². The molecule has 0 unspecified atom stereocenters. The molecule has 2 heterocycles. The number of carbonyl (C=O) groups is 1. The third-order valence-corrected chi connectivity index (χ3v) is 5.57. The van der Waals surface area contributed by atoms with Crippen LogP contribution in [0.5, 0.6) is 0 Å². The fourth-order valence-electron chi connectivity index (χ4n) is 3.79. The predicted molar refractivity (Wildman–Crippen MR) is 121 cm³/mol. The molecule has 162 valence electrons. The lowest BCUT2D eigenvalue weighted by Gasteiger charge is -2.22. The number of amides is 1. The van der Waals surface area contributed by atoms with Crippen molar-refractivity contribution in [2.24, 2.45) is 5.16 Å². The summed E-state index contributed by atoms with van der Waals surface area (Å²) >= 11 is 3.43. The maximum atomic E-state index is 12.9. The molecule has 0 saturated heterocycles. The van der Waals surface area contributed by atoms with E-state index in [1.807, 2.05) is 47.4 Å².